The second-order valence-electron chi connectivity index (χ2n) is 6.70. The van der Waals surface area contributed by atoms with Crippen molar-refractivity contribution in [2.45, 2.75) is 0 Å². The highest BCUT2D eigenvalue weighted by Crippen LogP contribution is 2.40. The third-order valence-corrected chi connectivity index (χ3v) is 5.30. The molecule has 0 bridgehead atoms. The van der Waals surface area contributed by atoms with E-state index in [0.29, 0.717) is 0 Å². The van der Waals surface area contributed by atoms with E-state index in [1.54, 1.807) is 0 Å². The lowest BCUT2D eigenvalue weighted by molar-refractivity contribution is 0.978. The molecule has 0 spiro atoms. The number of hydrogen-bond donors (Lipinski definition) is 0. The minimum absolute atomic E-state index is 0.729. The van der Waals surface area contributed by atoms with Gasteiger partial charge in [-0.1, -0.05) is 66.2 Å². The first-order chi connectivity index (χ1) is 13.2. The minimum atomic E-state index is 0.729. The van der Waals surface area contributed by atoms with Gasteiger partial charge < -0.3 is 4.57 Å². The monoisotopic (exact) mass is 368 g/mol. The van der Waals surface area contributed by atoms with Crippen LogP contribution in [0.1, 0.15) is 0 Å². The van der Waals surface area contributed by atoms with Crippen molar-refractivity contribution in [2.75, 3.05) is 0 Å². The molecule has 0 fully saturated rings. The maximum atomic E-state index is 6.13. The average Bonchev–Trinajstić information content (AvgIpc) is 3.01. The van der Waals surface area contributed by atoms with Gasteiger partial charge in [0.2, 0.25) is 0 Å². The Balaban J connectivity index is 1.86. The van der Waals surface area contributed by atoms with Gasteiger partial charge in [0.15, 0.2) is 0 Å². The van der Waals surface area contributed by atoms with Crippen LogP contribution in [0, 0.1) is 0 Å². The molecule has 3 aromatic carbocycles. The molecule has 0 unspecified atom stereocenters. The molecule has 0 N–H and O–H groups in total. The summed E-state index contributed by atoms with van der Waals surface area (Å²) in [5.74, 6) is 0. The number of aryl methyl sites for hydroxylation is 1. The number of para-hydroxylation sites is 1. The van der Waals surface area contributed by atoms with E-state index in [1.165, 1.54) is 22.2 Å². The number of aromatic nitrogens is 2. The van der Waals surface area contributed by atoms with Crippen LogP contribution >= 0.6 is 11.6 Å². The van der Waals surface area contributed by atoms with Gasteiger partial charge in [-0.15, -0.1) is 0 Å². The molecule has 0 saturated heterocycles. The number of halogens is 1. The molecule has 5 rings (SSSR count). The van der Waals surface area contributed by atoms with Crippen LogP contribution in [-0.4, -0.2) is 9.55 Å². The molecule has 0 aliphatic carbocycles. The molecule has 3 heteroatoms. The summed E-state index contributed by atoms with van der Waals surface area (Å²) < 4.78 is 2.26. The van der Waals surface area contributed by atoms with E-state index in [1.807, 2.05) is 24.3 Å². The van der Waals surface area contributed by atoms with E-state index >= 15 is 0 Å². The molecule has 0 atom stereocenters. The van der Waals surface area contributed by atoms with Crippen LogP contribution in [0.15, 0.2) is 84.9 Å². The maximum absolute atomic E-state index is 6.13. The lowest BCUT2D eigenvalue weighted by Gasteiger charge is -2.09. The Morgan fingerprint density at radius 2 is 1.59 bits per heavy atom. The highest BCUT2D eigenvalue weighted by molar-refractivity contribution is 6.31. The molecule has 0 aliphatic heterocycles. The van der Waals surface area contributed by atoms with E-state index in [4.69, 9.17) is 16.6 Å². The summed E-state index contributed by atoms with van der Waals surface area (Å²) in [6, 6.07) is 29.0. The number of benzene rings is 3. The Morgan fingerprint density at radius 3 is 2.44 bits per heavy atom. The predicted octanol–water partition coefficient (Wildman–Crippen LogP) is 6.71. The third kappa shape index (κ3) is 2.61. The van der Waals surface area contributed by atoms with Gasteiger partial charge in [0, 0.05) is 33.9 Å². The standard InChI is InChI=1S/C24H17ClN2/c1-27-22-10-6-5-9-19(22)23(24(27)16-7-3-2-4-8-16)21-13-11-17-15-18(25)12-14-20(17)26-21/h2-15H,1H3. The molecule has 130 valence electrons. The fourth-order valence-corrected chi connectivity index (χ4v) is 4.00. The SMILES string of the molecule is Cn1c(-c2ccccc2)c(-c2ccc3cc(Cl)ccc3n2)c2ccccc21. The summed E-state index contributed by atoms with van der Waals surface area (Å²) in [4.78, 5) is 4.96. The molecule has 27 heavy (non-hydrogen) atoms. The van der Waals surface area contributed by atoms with Crippen molar-refractivity contribution >= 4 is 33.4 Å². The molecule has 5 aromatic rings. The van der Waals surface area contributed by atoms with Gasteiger partial charge in [0.25, 0.3) is 0 Å². The first-order valence-electron chi connectivity index (χ1n) is 8.92. The summed E-state index contributed by atoms with van der Waals surface area (Å²) in [5, 5.41) is 2.99. The number of nitrogens with zero attached hydrogens (tertiary/aromatic N) is 2. The summed E-state index contributed by atoms with van der Waals surface area (Å²) >= 11 is 6.13. The van der Waals surface area contributed by atoms with Gasteiger partial charge >= 0.3 is 0 Å². The van der Waals surface area contributed by atoms with Crippen LogP contribution in [-0.2, 0) is 7.05 Å². The minimum Gasteiger partial charge on any atom is -0.343 e. The van der Waals surface area contributed by atoms with E-state index in [9.17, 15) is 0 Å². The summed E-state index contributed by atoms with van der Waals surface area (Å²) in [6.07, 6.45) is 0. The predicted molar refractivity (Wildman–Crippen MR) is 114 cm³/mol. The van der Waals surface area contributed by atoms with Crippen molar-refractivity contribution in [1.29, 1.82) is 0 Å². The van der Waals surface area contributed by atoms with Crippen molar-refractivity contribution in [3.63, 3.8) is 0 Å². The van der Waals surface area contributed by atoms with Gasteiger partial charge in [-0.25, -0.2) is 4.98 Å². The number of fused-ring (bicyclic) bond motifs is 2. The van der Waals surface area contributed by atoms with Crippen LogP contribution in [0.3, 0.4) is 0 Å². The quantitative estimate of drug-likeness (QED) is 0.338. The molecule has 0 amide bonds. The zero-order valence-corrected chi connectivity index (χ0v) is 15.6. The smallest absolute Gasteiger partial charge is 0.0737 e. The van der Waals surface area contributed by atoms with Crippen LogP contribution < -0.4 is 0 Å². The molecule has 2 nitrogen and oxygen atoms in total. The molecule has 2 heterocycles. The Morgan fingerprint density at radius 1 is 0.815 bits per heavy atom. The van der Waals surface area contributed by atoms with E-state index in [0.717, 1.165) is 27.2 Å². The topological polar surface area (TPSA) is 17.8 Å². The molecular weight excluding hydrogens is 352 g/mol. The number of hydrogen-bond acceptors (Lipinski definition) is 1. The van der Waals surface area contributed by atoms with Gasteiger partial charge in [0.1, 0.15) is 0 Å². The van der Waals surface area contributed by atoms with Gasteiger partial charge in [-0.05, 0) is 35.9 Å². The van der Waals surface area contributed by atoms with E-state index < -0.39 is 0 Å². The van der Waals surface area contributed by atoms with Crippen molar-refractivity contribution in [3.05, 3.63) is 90.0 Å². The van der Waals surface area contributed by atoms with Crippen LogP contribution in [0.5, 0.6) is 0 Å². The van der Waals surface area contributed by atoms with Crippen LogP contribution in [0.2, 0.25) is 5.02 Å². The van der Waals surface area contributed by atoms with Gasteiger partial charge in [0.05, 0.1) is 16.9 Å². The largest absolute Gasteiger partial charge is 0.343 e. The summed E-state index contributed by atoms with van der Waals surface area (Å²) in [6.45, 7) is 0. The molecular formula is C24H17ClN2. The van der Waals surface area contributed by atoms with Gasteiger partial charge in [-0.3, -0.25) is 0 Å². The Labute approximate surface area is 162 Å². The molecule has 0 radical (unpaired) electrons. The molecule has 0 aliphatic rings. The van der Waals surface area contributed by atoms with Crippen molar-refractivity contribution in [3.8, 4) is 22.5 Å². The van der Waals surface area contributed by atoms with Crippen LogP contribution in [0.25, 0.3) is 44.3 Å². The number of rotatable bonds is 2. The van der Waals surface area contributed by atoms with Gasteiger partial charge in [-0.2, -0.15) is 0 Å². The second kappa shape index (κ2) is 6.26. The first kappa shape index (κ1) is 16.1. The van der Waals surface area contributed by atoms with E-state index in [2.05, 4.69) is 72.3 Å². The zero-order valence-electron chi connectivity index (χ0n) is 14.9. The fraction of sp³-hybridized carbons (Fsp3) is 0.0417. The van der Waals surface area contributed by atoms with Crippen LogP contribution in [0.4, 0.5) is 0 Å². The van der Waals surface area contributed by atoms with Crippen molar-refractivity contribution < 1.29 is 0 Å². The summed E-state index contributed by atoms with van der Waals surface area (Å²) in [5.41, 5.74) is 6.65. The Kier molecular flexibility index (Phi) is 3.73. The second-order valence-corrected chi connectivity index (χ2v) is 7.14. The van der Waals surface area contributed by atoms with Crippen molar-refractivity contribution in [2.24, 2.45) is 7.05 Å². The van der Waals surface area contributed by atoms with E-state index in [-0.39, 0.29) is 0 Å². The molecule has 0 saturated carbocycles. The average molecular weight is 369 g/mol. The number of pyridine rings is 1. The third-order valence-electron chi connectivity index (χ3n) is 5.06. The molecule has 2 aromatic heterocycles. The summed E-state index contributed by atoms with van der Waals surface area (Å²) in [7, 11) is 2.12. The fourth-order valence-electron chi connectivity index (χ4n) is 3.82. The highest BCUT2D eigenvalue weighted by atomic mass is 35.5. The zero-order chi connectivity index (χ0) is 18.4. The normalized spacial score (nSPS) is 11.3. The Hall–Kier alpha value is -3.10. The first-order valence-corrected chi connectivity index (χ1v) is 9.30. The Bertz CT molecular complexity index is 1290. The highest BCUT2D eigenvalue weighted by Gasteiger charge is 2.19. The van der Waals surface area contributed by atoms with Crippen molar-refractivity contribution in [1.82, 2.24) is 9.55 Å². The lowest BCUT2D eigenvalue weighted by Crippen LogP contribution is -1.93. The lowest BCUT2D eigenvalue weighted by atomic mass is 10.0. The maximum Gasteiger partial charge on any atom is 0.0737 e.